The minimum absolute atomic E-state index is 0.0347. The highest BCUT2D eigenvalue weighted by Gasteiger charge is 2.20. The van der Waals surface area contributed by atoms with Gasteiger partial charge in [0.25, 0.3) is 0 Å². The Morgan fingerprint density at radius 1 is 0.895 bits per heavy atom. The molecule has 19 heavy (non-hydrogen) atoms. The van der Waals surface area contributed by atoms with Gasteiger partial charge in [0.15, 0.2) is 17.3 Å². The first kappa shape index (κ1) is 15.3. The van der Waals surface area contributed by atoms with E-state index in [0.717, 1.165) is 0 Å². The number of carbonyl (C=O) groups is 1. The molecule has 1 rings (SSSR count). The van der Waals surface area contributed by atoms with Crippen LogP contribution in [0.1, 0.15) is 44.5 Å². The van der Waals surface area contributed by atoms with Crippen LogP contribution >= 0.6 is 0 Å². The fourth-order valence-electron chi connectivity index (χ4n) is 1.79. The fraction of sp³-hybridized carbons (Fsp3) is 0.533. The summed E-state index contributed by atoms with van der Waals surface area (Å²) in [6, 6.07) is 3.50. The summed E-state index contributed by atoms with van der Waals surface area (Å²) in [5, 5.41) is 0. The third-order valence-corrected chi connectivity index (χ3v) is 2.57. The second-order valence-corrected chi connectivity index (χ2v) is 3.85. The van der Waals surface area contributed by atoms with Crippen LogP contribution in [0.25, 0.3) is 0 Å². The maximum atomic E-state index is 12.0. The molecule has 0 saturated carbocycles. The van der Waals surface area contributed by atoms with Crippen molar-refractivity contribution in [3.8, 4) is 17.2 Å². The van der Waals surface area contributed by atoms with Crippen molar-refractivity contribution in [3.05, 3.63) is 17.7 Å². The summed E-state index contributed by atoms with van der Waals surface area (Å²) in [7, 11) is 0. The lowest BCUT2D eigenvalue weighted by Crippen LogP contribution is -2.07. The molecule has 0 atom stereocenters. The number of hydrogen-bond donors (Lipinski definition) is 0. The second kappa shape index (κ2) is 7.67. The maximum Gasteiger partial charge on any atom is 0.204 e. The van der Waals surface area contributed by atoms with Gasteiger partial charge in [-0.2, -0.15) is 0 Å². The lowest BCUT2D eigenvalue weighted by atomic mass is 10.1. The quantitative estimate of drug-likeness (QED) is 0.676. The SMILES string of the molecule is CCOc1ccc(C(=O)CC)c(OCC)c1OCC. The molecular weight excluding hydrogens is 244 g/mol. The van der Waals surface area contributed by atoms with Gasteiger partial charge in [-0.15, -0.1) is 0 Å². The zero-order valence-electron chi connectivity index (χ0n) is 12.1. The number of ether oxygens (including phenoxy) is 3. The molecule has 1 aromatic carbocycles. The van der Waals surface area contributed by atoms with Crippen LogP contribution in [-0.2, 0) is 0 Å². The molecule has 0 aromatic heterocycles. The number of hydrogen-bond acceptors (Lipinski definition) is 4. The van der Waals surface area contributed by atoms with Gasteiger partial charge in [0.05, 0.1) is 25.4 Å². The number of rotatable bonds is 8. The molecule has 0 N–H and O–H groups in total. The average molecular weight is 266 g/mol. The Labute approximate surface area is 114 Å². The Balaban J connectivity index is 3.34. The van der Waals surface area contributed by atoms with Gasteiger partial charge >= 0.3 is 0 Å². The highest BCUT2D eigenvalue weighted by atomic mass is 16.5. The van der Waals surface area contributed by atoms with Crippen LogP contribution in [0, 0.1) is 0 Å². The van der Waals surface area contributed by atoms with Crippen molar-refractivity contribution >= 4 is 5.78 Å². The van der Waals surface area contributed by atoms with Gasteiger partial charge in [0, 0.05) is 6.42 Å². The van der Waals surface area contributed by atoms with Gasteiger partial charge in [-0.05, 0) is 32.9 Å². The summed E-state index contributed by atoms with van der Waals surface area (Å²) in [4.78, 5) is 12.0. The minimum atomic E-state index is 0.0347. The van der Waals surface area contributed by atoms with Crippen molar-refractivity contribution in [3.63, 3.8) is 0 Å². The lowest BCUT2D eigenvalue weighted by Gasteiger charge is -2.17. The molecule has 0 saturated heterocycles. The highest BCUT2D eigenvalue weighted by Crippen LogP contribution is 2.41. The van der Waals surface area contributed by atoms with E-state index in [1.165, 1.54) is 0 Å². The molecule has 0 heterocycles. The summed E-state index contributed by atoms with van der Waals surface area (Å²) in [5.74, 6) is 1.65. The standard InChI is InChI=1S/C15H22O4/c1-5-12(16)11-9-10-13(17-6-2)15(19-8-4)14(11)18-7-3/h9-10H,5-8H2,1-4H3. The van der Waals surface area contributed by atoms with Gasteiger partial charge in [-0.3, -0.25) is 4.79 Å². The lowest BCUT2D eigenvalue weighted by molar-refractivity contribution is 0.0983. The predicted molar refractivity (Wildman–Crippen MR) is 74.6 cm³/mol. The van der Waals surface area contributed by atoms with Crippen LogP contribution in [0.5, 0.6) is 17.2 Å². The Kier molecular flexibility index (Phi) is 6.19. The van der Waals surface area contributed by atoms with Crippen molar-refractivity contribution in [2.75, 3.05) is 19.8 Å². The summed E-state index contributed by atoms with van der Waals surface area (Å²) in [5.41, 5.74) is 0.552. The molecule has 4 heteroatoms. The second-order valence-electron chi connectivity index (χ2n) is 3.85. The first-order valence-corrected chi connectivity index (χ1v) is 6.78. The molecule has 0 bridgehead atoms. The number of benzene rings is 1. The first-order chi connectivity index (χ1) is 9.19. The monoisotopic (exact) mass is 266 g/mol. The van der Waals surface area contributed by atoms with Crippen LogP contribution in [-0.4, -0.2) is 25.6 Å². The predicted octanol–water partition coefficient (Wildman–Crippen LogP) is 3.48. The average Bonchev–Trinajstić information content (AvgIpc) is 2.42. The molecular formula is C15H22O4. The van der Waals surface area contributed by atoms with Gasteiger partial charge < -0.3 is 14.2 Å². The molecule has 106 valence electrons. The van der Waals surface area contributed by atoms with Gasteiger partial charge in [0.1, 0.15) is 0 Å². The largest absolute Gasteiger partial charge is 0.490 e. The van der Waals surface area contributed by atoms with Crippen LogP contribution in [0.2, 0.25) is 0 Å². The smallest absolute Gasteiger partial charge is 0.204 e. The molecule has 4 nitrogen and oxygen atoms in total. The molecule has 0 fully saturated rings. The summed E-state index contributed by atoms with van der Waals surface area (Å²) < 4.78 is 16.7. The van der Waals surface area contributed by atoms with Gasteiger partial charge in [-0.25, -0.2) is 0 Å². The summed E-state index contributed by atoms with van der Waals surface area (Å²) >= 11 is 0. The first-order valence-electron chi connectivity index (χ1n) is 6.78. The van der Waals surface area contributed by atoms with E-state index in [4.69, 9.17) is 14.2 Å². The van der Waals surface area contributed by atoms with Crippen LogP contribution in [0.15, 0.2) is 12.1 Å². The summed E-state index contributed by atoms with van der Waals surface area (Å²) in [6.45, 7) is 9.00. The fourth-order valence-corrected chi connectivity index (χ4v) is 1.79. The zero-order chi connectivity index (χ0) is 14.3. The van der Waals surface area contributed by atoms with E-state index >= 15 is 0 Å². The maximum absolute atomic E-state index is 12.0. The van der Waals surface area contributed by atoms with Gasteiger partial charge in [-0.1, -0.05) is 6.92 Å². The molecule has 0 aliphatic carbocycles. The van der Waals surface area contributed by atoms with E-state index < -0.39 is 0 Å². The number of Topliss-reactive ketones (excluding diaryl/α,β-unsaturated/α-hetero) is 1. The van der Waals surface area contributed by atoms with Crippen molar-refractivity contribution in [1.82, 2.24) is 0 Å². The van der Waals surface area contributed by atoms with Crippen molar-refractivity contribution < 1.29 is 19.0 Å². The van der Waals surface area contributed by atoms with Crippen LogP contribution in [0.4, 0.5) is 0 Å². The third-order valence-electron chi connectivity index (χ3n) is 2.57. The molecule has 0 aliphatic heterocycles. The van der Waals surface area contributed by atoms with Gasteiger partial charge in [0.2, 0.25) is 5.75 Å². The Bertz CT molecular complexity index is 426. The van der Waals surface area contributed by atoms with Crippen LogP contribution < -0.4 is 14.2 Å². The molecule has 0 aliphatic rings. The number of ketones is 1. The zero-order valence-corrected chi connectivity index (χ0v) is 12.1. The highest BCUT2D eigenvalue weighted by molar-refractivity contribution is 5.99. The normalized spacial score (nSPS) is 10.1. The Hall–Kier alpha value is -1.71. The Morgan fingerprint density at radius 3 is 2.00 bits per heavy atom. The van der Waals surface area contributed by atoms with Crippen molar-refractivity contribution in [1.29, 1.82) is 0 Å². The van der Waals surface area contributed by atoms with E-state index in [2.05, 4.69) is 0 Å². The van der Waals surface area contributed by atoms with E-state index in [9.17, 15) is 4.79 Å². The summed E-state index contributed by atoms with van der Waals surface area (Å²) in [6.07, 6.45) is 0.430. The Morgan fingerprint density at radius 2 is 1.47 bits per heavy atom. The molecule has 0 amide bonds. The van der Waals surface area contributed by atoms with Crippen LogP contribution in [0.3, 0.4) is 0 Å². The molecule has 0 radical (unpaired) electrons. The number of carbonyl (C=O) groups excluding carboxylic acids is 1. The van der Waals surface area contributed by atoms with Crippen molar-refractivity contribution in [2.24, 2.45) is 0 Å². The van der Waals surface area contributed by atoms with E-state index in [1.54, 1.807) is 12.1 Å². The topological polar surface area (TPSA) is 44.8 Å². The van der Waals surface area contributed by atoms with E-state index in [1.807, 2.05) is 27.7 Å². The molecule has 0 spiro atoms. The van der Waals surface area contributed by atoms with E-state index in [-0.39, 0.29) is 5.78 Å². The van der Waals surface area contributed by atoms with Crippen molar-refractivity contribution in [2.45, 2.75) is 34.1 Å². The molecule has 0 unspecified atom stereocenters. The molecule has 1 aromatic rings. The minimum Gasteiger partial charge on any atom is -0.490 e. The third kappa shape index (κ3) is 3.63. The van der Waals surface area contributed by atoms with E-state index in [0.29, 0.717) is 49.1 Å².